The summed E-state index contributed by atoms with van der Waals surface area (Å²) in [6.07, 6.45) is 0. The lowest BCUT2D eigenvalue weighted by Crippen LogP contribution is -2.44. The largest absolute Gasteiger partial charge is 0.325 e. The first-order valence-electron chi connectivity index (χ1n) is 10.1. The van der Waals surface area contributed by atoms with Crippen LogP contribution in [0, 0.1) is 11.6 Å². The van der Waals surface area contributed by atoms with Crippen LogP contribution < -0.4 is 10.2 Å². The molecule has 6 nitrogen and oxygen atoms in total. The predicted octanol–water partition coefficient (Wildman–Crippen LogP) is 3.94. The van der Waals surface area contributed by atoms with Gasteiger partial charge in [-0.15, -0.1) is 0 Å². The fourth-order valence-corrected chi connectivity index (χ4v) is 3.91. The summed E-state index contributed by atoms with van der Waals surface area (Å²) >= 11 is 0. The smallest absolute Gasteiger partial charge is 0.319 e. The lowest BCUT2D eigenvalue weighted by molar-refractivity contribution is -0.134. The molecule has 1 aliphatic rings. The minimum absolute atomic E-state index is 0.140. The Morgan fingerprint density at radius 1 is 1.00 bits per heavy atom. The molecule has 32 heavy (non-hydrogen) atoms. The molecule has 4 rings (SSSR count). The minimum atomic E-state index is -1.33. The Kier molecular flexibility index (Phi) is 5.38. The highest BCUT2D eigenvalue weighted by atomic mass is 19.2. The SMILES string of the molecule is CCN(C(=O)CN1C(=O)NC(C)(c2ccc3ccccc3c2)C1=O)c1ccc(F)c(F)c1. The number of rotatable bonds is 5. The monoisotopic (exact) mass is 437 g/mol. The number of hydrogen-bond donors (Lipinski definition) is 1. The number of hydrogen-bond acceptors (Lipinski definition) is 3. The Morgan fingerprint density at radius 2 is 1.72 bits per heavy atom. The van der Waals surface area contributed by atoms with Crippen LogP contribution in [-0.4, -0.2) is 35.8 Å². The Labute approximate surface area is 183 Å². The summed E-state index contributed by atoms with van der Waals surface area (Å²) in [4.78, 5) is 40.8. The molecular weight excluding hydrogens is 416 g/mol. The molecule has 1 fully saturated rings. The molecule has 164 valence electrons. The number of fused-ring (bicyclic) bond motifs is 1. The van der Waals surface area contributed by atoms with Gasteiger partial charge in [0.25, 0.3) is 5.91 Å². The molecule has 1 unspecified atom stereocenters. The predicted molar refractivity (Wildman–Crippen MR) is 116 cm³/mol. The van der Waals surface area contributed by atoms with Gasteiger partial charge in [-0.3, -0.25) is 14.5 Å². The van der Waals surface area contributed by atoms with Crippen LogP contribution in [0.4, 0.5) is 19.3 Å². The van der Waals surface area contributed by atoms with Crippen molar-refractivity contribution < 1.29 is 23.2 Å². The highest BCUT2D eigenvalue weighted by molar-refractivity contribution is 6.10. The van der Waals surface area contributed by atoms with E-state index in [-0.39, 0.29) is 12.2 Å². The number of benzene rings is 3. The van der Waals surface area contributed by atoms with Gasteiger partial charge in [-0.05, 0) is 48.4 Å². The zero-order chi connectivity index (χ0) is 23.0. The molecule has 0 spiro atoms. The number of halogens is 2. The van der Waals surface area contributed by atoms with Gasteiger partial charge in [-0.2, -0.15) is 0 Å². The maximum Gasteiger partial charge on any atom is 0.325 e. The molecule has 1 atom stereocenters. The van der Waals surface area contributed by atoms with E-state index in [1.165, 1.54) is 11.0 Å². The number of anilines is 1. The summed E-state index contributed by atoms with van der Waals surface area (Å²) in [7, 11) is 0. The molecular formula is C24H21F2N3O3. The summed E-state index contributed by atoms with van der Waals surface area (Å²) in [5, 5.41) is 4.60. The summed E-state index contributed by atoms with van der Waals surface area (Å²) < 4.78 is 26.9. The van der Waals surface area contributed by atoms with E-state index in [0.29, 0.717) is 5.56 Å². The van der Waals surface area contributed by atoms with E-state index >= 15 is 0 Å². The molecule has 0 aliphatic carbocycles. The van der Waals surface area contributed by atoms with Gasteiger partial charge in [0.15, 0.2) is 11.6 Å². The molecule has 0 saturated carbocycles. The molecule has 0 bridgehead atoms. The number of urea groups is 1. The van der Waals surface area contributed by atoms with Gasteiger partial charge in [-0.25, -0.2) is 13.6 Å². The number of carbonyl (C=O) groups is 3. The molecule has 4 amide bonds. The number of nitrogens with zero attached hydrogens (tertiary/aromatic N) is 2. The standard InChI is InChI=1S/C24H21F2N3O3/c1-3-28(18-10-11-19(25)20(26)13-18)21(30)14-29-22(31)24(2,27-23(29)32)17-9-8-15-6-4-5-7-16(15)12-17/h4-13H,3,14H2,1-2H3,(H,27,32). The highest BCUT2D eigenvalue weighted by Crippen LogP contribution is 2.31. The lowest BCUT2D eigenvalue weighted by Gasteiger charge is -2.25. The fraction of sp³-hybridized carbons (Fsp3) is 0.208. The molecule has 0 aromatic heterocycles. The molecule has 3 aromatic rings. The van der Waals surface area contributed by atoms with E-state index in [1.807, 2.05) is 36.4 Å². The normalized spacial score (nSPS) is 18.2. The van der Waals surface area contributed by atoms with Crippen molar-refractivity contribution in [1.29, 1.82) is 0 Å². The maximum atomic E-state index is 13.6. The maximum absolute atomic E-state index is 13.6. The van der Waals surface area contributed by atoms with Gasteiger partial charge >= 0.3 is 6.03 Å². The van der Waals surface area contributed by atoms with Gasteiger partial charge in [0.1, 0.15) is 12.1 Å². The van der Waals surface area contributed by atoms with E-state index in [2.05, 4.69) is 5.32 Å². The number of imide groups is 1. The van der Waals surface area contributed by atoms with Crippen molar-refractivity contribution in [3.8, 4) is 0 Å². The molecule has 1 saturated heterocycles. The Hall–Kier alpha value is -3.81. The second-order valence-electron chi connectivity index (χ2n) is 7.74. The summed E-state index contributed by atoms with van der Waals surface area (Å²) in [6.45, 7) is 2.87. The van der Waals surface area contributed by atoms with E-state index in [4.69, 9.17) is 0 Å². The average molecular weight is 437 g/mol. The third-order valence-electron chi connectivity index (χ3n) is 5.73. The quantitative estimate of drug-likeness (QED) is 0.615. The van der Waals surface area contributed by atoms with Crippen molar-refractivity contribution >= 4 is 34.3 Å². The highest BCUT2D eigenvalue weighted by Gasteiger charge is 2.49. The van der Waals surface area contributed by atoms with E-state index < -0.39 is 41.6 Å². The first kappa shape index (κ1) is 21.4. The van der Waals surface area contributed by atoms with Gasteiger partial charge in [0.2, 0.25) is 5.91 Å². The third kappa shape index (κ3) is 3.57. The molecule has 1 aliphatic heterocycles. The van der Waals surface area contributed by atoms with Crippen molar-refractivity contribution in [2.24, 2.45) is 0 Å². The molecule has 1 N–H and O–H groups in total. The van der Waals surface area contributed by atoms with E-state index in [9.17, 15) is 23.2 Å². The summed E-state index contributed by atoms with van der Waals surface area (Å²) in [5.74, 6) is -3.28. The molecule has 0 radical (unpaired) electrons. The number of nitrogens with one attached hydrogen (secondary N) is 1. The van der Waals surface area contributed by atoms with Crippen molar-refractivity contribution in [2.45, 2.75) is 19.4 Å². The van der Waals surface area contributed by atoms with Crippen LogP contribution in [0.3, 0.4) is 0 Å². The van der Waals surface area contributed by atoms with E-state index in [0.717, 1.165) is 27.8 Å². The topological polar surface area (TPSA) is 69.7 Å². The van der Waals surface area contributed by atoms with Crippen molar-refractivity contribution in [2.75, 3.05) is 18.0 Å². The molecule has 3 aromatic carbocycles. The number of carbonyl (C=O) groups excluding carboxylic acids is 3. The lowest BCUT2D eigenvalue weighted by atomic mass is 9.90. The second kappa shape index (κ2) is 8.03. The molecule has 8 heteroatoms. The first-order valence-corrected chi connectivity index (χ1v) is 10.1. The van der Waals surface area contributed by atoms with Gasteiger partial charge < -0.3 is 10.2 Å². The Morgan fingerprint density at radius 3 is 2.41 bits per heavy atom. The fourth-order valence-electron chi connectivity index (χ4n) is 3.91. The Bertz CT molecular complexity index is 1250. The van der Waals surface area contributed by atoms with Crippen LogP contribution in [0.25, 0.3) is 10.8 Å². The van der Waals surface area contributed by atoms with Crippen LogP contribution in [0.1, 0.15) is 19.4 Å². The Balaban J connectivity index is 1.59. The third-order valence-corrected chi connectivity index (χ3v) is 5.73. The van der Waals surface area contributed by atoms with Crippen LogP contribution in [0.5, 0.6) is 0 Å². The molecule has 1 heterocycles. The average Bonchev–Trinajstić information content (AvgIpc) is 3.00. The van der Waals surface area contributed by atoms with Crippen LogP contribution in [0.2, 0.25) is 0 Å². The van der Waals surface area contributed by atoms with Crippen molar-refractivity contribution in [3.63, 3.8) is 0 Å². The zero-order valence-corrected chi connectivity index (χ0v) is 17.6. The number of likely N-dealkylation sites (N-methyl/N-ethyl adjacent to an activating group) is 1. The number of amides is 4. The van der Waals surface area contributed by atoms with Gasteiger partial charge in [0.05, 0.1) is 0 Å². The van der Waals surface area contributed by atoms with Crippen LogP contribution in [0.15, 0.2) is 60.7 Å². The van der Waals surface area contributed by atoms with E-state index in [1.54, 1.807) is 19.9 Å². The second-order valence-corrected chi connectivity index (χ2v) is 7.74. The van der Waals surface area contributed by atoms with Gasteiger partial charge in [0, 0.05) is 18.3 Å². The van der Waals surface area contributed by atoms with Crippen LogP contribution >= 0.6 is 0 Å². The minimum Gasteiger partial charge on any atom is -0.319 e. The first-order chi connectivity index (χ1) is 15.2. The van der Waals surface area contributed by atoms with Crippen molar-refractivity contribution in [3.05, 3.63) is 77.9 Å². The zero-order valence-electron chi connectivity index (χ0n) is 17.6. The summed E-state index contributed by atoms with van der Waals surface area (Å²) in [5.41, 5.74) is -0.598. The summed E-state index contributed by atoms with van der Waals surface area (Å²) in [6, 6.07) is 15.5. The van der Waals surface area contributed by atoms with Gasteiger partial charge in [-0.1, -0.05) is 36.4 Å². The van der Waals surface area contributed by atoms with Crippen molar-refractivity contribution in [1.82, 2.24) is 10.2 Å². The van der Waals surface area contributed by atoms with Crippen LogP contribution in [-0.2, 0) is 15.1 Å².